The predicted octanol–water partition coefficient (Wildman–Crippen LogP) is 3.31. The van der Waals surface area contributed by atoms with Gasteiger partial charge < -0.3 is 9.73 Å². The van der Waals surface area contributed by atoms with Crippen molar-refractivity contribution in [2.45, 2.75) is 16.7 Å². The summed E-state index contributed by atoms with van der Waals surface area (Å²) < 4.78 is 6.28. The van der Waals surface area contributed by atoms with Crippen LogP contribution in [-0.4, -0.2) is 12.0 Å². The first kappa shape index (κ1) is 11.7. The van der Waals surface area contributed by atoms with Crippen LogP contribution in [0.4, 0.5) is 0 Å². The third kappa shape index (κ3) is 2.87. The molecule has 0 unspecified atom stereocenters. The van der Waals surface area contributed by atoms with Crippen molar-refractivity contribution in [3.05, 3.63) is 40.7 Å². The van der Waals surface area contributed by atoms with Crippen LogP contribution in [-0.2, 0) is 6.54 Å². The van der Waals surface area contributed by atoms with Crippen molar-refractivity contribution in [1.29, 1.82) is 0 Å². The molecular formula is C11H11BrN2OS. The summed E-state index contributed by atoms with van der Waals surface area (Å²) in [6.45, 7) is 0.830. The van der Waals surface area contributed by atoms with Crippen LogP contribution in [0.15, 0.2) is 49.7 Å². The van der Waals surface area contributed by atoms with E-state index in [-0.39, 0.29) is 0 Å². The van der Waals surface area contributed by atoms with Crippen LogP contribution in [0.5, 0.6) is 0 Å². The van der Waals surface area contributed by atoms with Crippen molar-refractivity contribution in [2.24, 2.45) is 0 Å². The zero-order valence-electron chi connectivity index (χ0n) is 8.74. The van der Waals surface area contributed by atoms with Crippen molar-refractivity contribution in [2.75, 3.05) is 7.05 Å². The van der Waals surface area contributed by atoms with E-state index in [9.17, 15) is 0 Å². The van der Waals surface area contributed by atoms with Gasteiger partial charge in [-0.3, -0.25) is 0 Å². The molecule has 0 atom stereocenters. The lowest BCUT2D eigenvalue weighted by Gasteiger charge is -2.07. The van der Waals surface area contributed by atoms with Crippen molar-refractivity contribution in [3.63, 3.8) is 0 Å². The molecule has 2 rings (SSSR count). The third-order valence-corrected chi connectivity index (χ3v) is 3.47. The minimum Gasteiger partial charge on any atom is -0.440 e. The summed E-state index contributed by atoms with van der Waals surface area (Å²) in [4.78, 5) is 5.25. The van der Waals surface area contributed by atoms with Crippen LogP contribution in [0.3, 0.4) is 0 Å². The fraction of sp³-hybridized carbons (Fsp3) is 0.182. The Bertz CT molecular complexity index is 459. The van der Waals surface area contributed by atoms with Crippen LogP contribution >= 0.6 is 27.7 Å². The van der Waals surface area contributed by atoms with Gasteiger partial charge in [0, 0.05) is 15.9 Å². The van der Waals surface area contributed by atoms with E-state index >= 15 is 0 Å². The zero-order valence-corrected chi connectivity index (χ0v) is 11.1. The quantitative estimate of drug-likeness (QED) is 0.940. The van der Waals surface area contributed by atoms with Gasteiger partial charge in [-0.05, 0) is 36.5 Å². The van der Waals surface area contributed by atoms with Crippen LogP contribution in [0, 0.1) is 0 Å². The fourth-order valence-corrected chi connectivity index (χ4v) is 2.69. The van der Waals surface area contributed by atoms with Gasteiger partial charge in [-0.25, -0.2) is 4.98 Å². The minimum absolute atomic E-state index is 0.662. The van der Waals surface area contributed by atoms with Gasteiger partial charge in [-0.2, -0.15) is 0 Å². The molecule has 1 heterocycles. The highest BCUT2D eigenvalue weighted by atomic mass is 79.9. The average molecular weight is 299 g/mol. The molecule has 0 aliphatic rings. The number of halogens is 1. The second-order valence-electron chi connectivity index (χ2n) is 3.18. The van der Waals surface area contributed by atoms with E-state index in [2.05, 4.69) is 38.4 Å². The van der Waals surface area contributed by atoms with E-state index < -0.39 is 0 Å². The first-order chi connectivity index (χ1) is 7.79. The lowest BCUT2D eigenvalue weighted by molar-refractivity contribution is 0.454. The van der Waals surface area contributed by atoms with Crippen LogP contribution in [0.25, 0.3) is 0 Å². The molecule has 3 nitrogen and oxygen atoms in total. The van der Waals surface area contributed by atoms with Crippen molar-refractivity contribution in [3.8, 4) is 0 Å². The SMILES string of the molecule is CNCc1ccc(Br)cc1Sc1ncco1. The Kier molecular flexibility index (Phi) is 4.04. The molecule has 1 N–H and O–H groups in total. The molecule has 5 heteroatoms. The summed E-state index contributed by atoms with van der Waals surface area (Å²) in [5.41, 5.74) is 1.23. The molecule has 1 aromatic carbocycles. The lowest BCUT2D eigenvalue weighted by atomic mass is 10.2. The Labute approximate surface area is 107 Å². The van der Waals surface area contributed by atoms with Gasteiger partial charge in [0.25, 0.3) is 5.22 Å². The van der Waals surface area contributed by atoms with Crippen LogP contribution in [0.1, 0.15) is 5.56 Å². The third-order valence-electron chi connectivity index (χ3n) is 2.00. The van der Waals surface area contributed by atoms with Crippen LogP contribution in [0.2, 0.25) is 0 Å². The summed E-state index contributed by atoms with van der Waals surface area (Å²) in [7, 11) is 1.93. The number of benzene rings is 1. The van der Waals surface area contributed by atoms with E-state index in [0.29, 0.717) is 5.22 Å². The first-order valence-electron chi connectivity index (χ1n) is 4.80. The number of nitrogens with zero attached hydrogens (tertiary/aromatic N) is 1. The summed E-state index contributed by atoms with van der Waals surface area (Å²) >= 11 is 4.99. The van der Waals surface area contributed by atoms with Gasteiger partial charge in [0.1, 0.15) is 6.26 Å². The van der Waals surface area contributed by atoms with Crippen molar-refractivity contribution in [1.82, 2.24) is 10.3 Å². The lowest BCUT2D eigenvalue weighted by Crippen LogP contribution is -2.05. The molecule has 0 saturated carbocycles. The zero-order chi connectivity index (χ0) is 11.4. The van der Waals surface area contributed by atoms with E-state index in [0.717, 1.165) is 15.9 Å². The topological polar surface area (TPSA) is 38.1 Å². The van der Waals surface area contributed by atoms with Gasteiger partial charge in [0.15, 0.2) is 0 Å². The number of aromatic nitrogens is 1. The smallest absolute Gasteiger partial charge is 0.260 e. The number of nitrogens with one attached hydrogen (secondary N) is 1. The molecule has 0 aliphatic carbocycles. The molecule has 0 amide bonds. The van der Waals surface area contributed by atoms with Crippen LogP contribution < -0.4 is 5.32 Å². The average Bonchev–Trinajstić information content (AvgIpc) is 2.75. The van der Waals surface area contributed by atoms with E-state index in [1.807, 2.05) is 13.1 Å². The standard InChI is InChI=1S/C11H11BrN2OS/c1-13-7-8-2-3-9(12)6-10(8)16-11-14-4-5-15-11/h2-6,13H,7H2,1H3. The Morgan fingerprint density at radius 1 is 1.50 bits per heavy atom. The molecule has 0 radical (unpaired) electrons. The van der Waals surface area contributed by atoms with E-state index in [1.54, 1.807) is 12.5 Å². The summed E-state index contributed by atoms with van der Waals surface area (Å²) in [6.07, 6.45) is 3.23. The monoisotopic (exact) mass is 298 g/mol. The van der Waals surface area contributed by atoms with Gasteiger partial charge in [0.2, 0.25) is 0 Å². The highest BCUT2D eigenvalue weighted by molar-refractivity contribution is 9.10. The highest BCUT2D eigenvalue weighted by Gasteiger charge is 2.07. The normalized spacial score (nSPS) is 10.6. The maximum Gasteiger partial charge on any atom is 0.260 e. The number of hydrogen-bond donors (Lipinski definition) is 1. The second kappa shape index (κ2) is 5.52. The molecule has 16 heavy (non-hydrogen) atoms. The Hall–Kier alpha value is -0.780. The maximum atomic E-state index is 5.23. The Morgan fingerprint density at radius 3 is 3.06 bits per heavy atom. The molecule has 0 fully saturated rings. The van der Waals surface area contributed by atoms with Crippen molar-refractivity contribution < 1.29 is 4.42 Å². The van der Waals surface area contributed by atoms with Crippen molar-refractivity contribution >= 4 is 27.7 Å². The maximum absolute atomic E-state index is 5.23. The van der Waals surface area contributed by atoms with E-state index in [1.165, 1.54) is 17.3 Å². The fourth-order valence-electron chi connectivity index (χ4n) is 1.31. The molecule has 0 bridgehead atoms. The Morgan fingerprint density at radius 2 is 2.38 bits per heavy atom. The summed E-state index contributed by atoms with van der Waals surface area (Å²) in [5, 5.41) is 3.81. The summed E-state index contributed by atoms with van der Waals surface area (Å²) in [5.74, 6) is 0. The highest BCUT2D eigenvalue weighted by Crippen LogP contribution is 2.31. The molecule has 2 aromatic rings. The molecule has 0 spiro atoms. The molecule has 1 aromatic heterocycles. The number of hydrogen-bond acceptors (Lipinski definition) is 4. The Balaban J connectivity index is 2.26. The predicted molar refractivity (Wildman–Crippen MR) is 67.5 cm³/mol. The minimum atomic E-state index is 0.662. The van der Waals surface area contributed by atoms with Gasteiger partial charge in [-0.1, -0.05) is 22.0 Å². The molecule has 84 valence electrons. The van der Waals surface area contributed by atoms with E-state index in [4.69, 9.17) is 4.42 Å². The van der Waals surface area contributed by atoms with Gasteiger partial charge in [-0.15, -0.1) is 0 Å². The largest absolute Gasteiger partial charge is 0.440 e. The number of rotatable bonds is 4. The number of oxazole rings is 1. The second-order valence-corrected chi connectivity index (χ2v) is 5.09. The molecular weight excluding hydrogens is 288 g/mol. The van der Waals surface area contributed by atoms with Gasteiger partial charge >= 0.3 is 0 Å². The molecule has 0 aliphatic heterocycles. The summed E-state index contributed by atoms with van der Waals surface area (Å²) in [6, 6.07) is 6.19. The first-order valence-corrected chi connectivity index (χ1v) is 6.41. The molecule has 0 saturated heterocycles. The van der Waals surface area contributed by atoms with Gasteiger partial charge in [0.05, 0.1) is 6.20 Å².